The van der Waals surface area contributed by atoms with E-state index < -0.39 is 10.0 Å². The predicted octanol–water partition coefficient (Wildman–Crippen LogP) is 1.85. The number of hydrogen-bond acceptors (Lipinski definition) is 4. The molecule has 0 radical (unpaired) electrons. The molecule has 126 valence electrons. The van der Waals surface area contributed by atoms with E-state index >= 15 is 0 Å². The number of benzene rings is 1. The highest BCUT2D eigenvalue weighted by Crippen LogP contribution is 2.09. The average molecular weight is 328 g/mol. The van der Waals surface area contributed by atoms with Crippen LogP contribution in [0.15, 0.2) is 30.3 Å². The fourth-order valence-electron chi connectivity index (χ4n) is 2.22. The number of nitrogens with one attached hydrogen (secondary N) is 1. The number of nitrogens with zero attached hydrogens (tertiary/aromatic N) is 1. The van der Waals surface area contributed by atoms with Crippen molar-refractivity contribution in [3.05, 3.63) is 35.9 Å². The Morgan fingerprint density at radius 2 is 1.82 bits per heavy atom. The molecule has 0 aromatic heterocycles. The van der Waals surface area contributed by atoms with Crippen LogP contribution in [0.3, 0.4) is 0 Å². The standard InChI is InChI=1S/C16H28N2O3S/c1-14(2)18(13-16-8-6-5-7-9-16)12-15(3)17-22(19,20)11-10-21-4/h5-9,14-15,17H,10-13H2,1-4H3. The van der Waals surface area contributed by atoms with E-state index in [0.717, 1.165) is 6.54 Å². The maximum atomic E-state index is 11.9. The first-order chi connectivity index (χ1) is 10.3. The van der Waals surface area contributed by atoms with Crippen LogP contribution in [0.1, 0.15) is 26.3 Å². The summed E-state index contributed by atoms with van der Waals surface area (Å²) in [6.07, 6.45) is 0. The normalized spacial score (nSPS) is 13.7. The molecular weight excluding hydrogens is 300 g/mol. The molecule has 6 heteroatoms. The number of methoxy groups -OCH3 is 1. The van der Waals surface area contributed by atoms with Gasteiger partial charge in [-0.25, -0.2) is 13.1 Å². The minimum Gasteiger partial charge on any atom is -0.384 e. The Morgan fingerprint density at radius 3 is 2.36 bits per heavy atom. The highest BCUT2D eigenvalue weighted by atomic mass is 32.2. The van der Waals surface area contributed by atoms with E-state index in [4.69, 9.17) is 4.74 Å². The second-order valence-electron chi connectivity index (χ2n) is 5.84. The first-order valence-corrected chi connectivity index (χ1v) is 9.26. The highest BCUT2D eigenvalue weighted by molar-refractivity contribution is 7.89. The predicted molar refractivity (Wildman–Crippen MR) is 90.2 cm³/mol. The minimum absolute atomic E-state index is 0.00575. The van der Waals surface area contributed by atoms with Crippen molar-refractivity contribution in [3.63, 3.8) is 0 Å². The Bertz CT molecular complexity index is 517. The van der Waals surface area contributed by atoms with Crippen molar-refractivity contribution in [2.45, 2.75) is 39.4 Å². The molecule has 0 amide bonds. The minimum atomic E-state index is -3.29. The second kappa shape index (κ2) is 9.25. The van der Waals surface area contributed by atoms with Gasteiger partial charge < -0.3 is 4.74 Å². The van der Waals surface area contributed by atoms with Gasteiger partial charge in [0, 0.05) is 32.3 Å². The van der Waals surface area contributed by atoms with Crippen LogP contribution < -0.4 is 4.72 Å². The molecule has 0 saturated carbocycles. The van der Waals surface area contributed by atoms with Crippen molar-refractivity contribution >= 4 is 10.0 Å². The molecule has 1 aromatic carbocycles. The lowest BCUT2D eigenvalue weighted by molar-refractivity contribution is 0.198. The highest BCUT2D eigenvalue weighted by Gasteiger charge is 2.18. The lowest BCUT2D eigenvalue weighted by atomic mass is 10.1. The fraction of sp³-hybridized carbons (Fsp3) is 0.625. The van der Waals surface area contributed by atoms with Gasteiger partial charge in [0.2, 0.25) is 10.0 Å². The van der Waals surface area contributed by atoms with Gasteiger partial charge in [-0.3, -0.25) is 4.90 Å². The smallest absolute Gasteiger partial charge is 0.214 e. The Balaban J connectivity index is 2.59. The summed E-state index contributed by atoms with van der Waals surface area (Å²) in [5.41, 5.74) is 1.23. The molecule has 0 fully saturated rings. The lowest BCUT2D eigenvalue weighted by Crippen LogP contribution is -2.45. The molecular formula is C16H28N2O3S. The third-order valence-electron chi connectivity index (χ3n) is 3.40. The van der Waals surface area contributed by atoms with Crippen LogP contribution in [0, 0.1) is 0 Å². The molecule has 22 heavy (non-hydrogen) atoms. The van der Waals surface area contributed by atoms with E-state index in [1.54, 1.807) is 0 Å². The molecule has 0 saturated heterocycles. The molecule has 0 bridgehead atoms. The van der Waals surface area contributed by atoms with Gasteiger partial charge in [0.15, 0.2) is 0 Å². The Kier molecular flexibility index (Phi) is 8.03. The van der Waals surface area contributed by atoms with Crippen molar-refractivity contribution in [3.8, 4) is 0 Å². The van der Waals surface area contributed by atoms with E-state index in [-0.39, 0.29) is 18.4 Å². The van der Waals surface area contributed by atoms with Crippen LogP contribution in [-0.4, -0.2) is 51.4 Å². The summed E-state index contributed by atoms with van der Waals surface area (Å²) in [6.45, 7) is 7.82. The van der Waals surface area contributed by atoms with Crippen LogP contribution >= 0.6 is 0 Å². The maximum absolute atomic E-state index is 11.9. The Labute approximate surface area is 134 Å². The first kappa shape index (κ1) is 19.1. The van der Waals surface area contributed by atoms with Gasteiger partial charge in [0.05, 0.1) is 12.4 Å². The van der Waals surface area contributed by atoms with Crippen LogP contribution in [0.2, 0.25) is 0 Å². The third kappa shape index (κ3) is 7.35. The molecule has 5 nitrogen and oxygen atoms in total. The molecule has 1 N–H and O–H groups in total. The summed E-state index contributed by atoms with van der Waals surface area (Å²) in [6, 6.07) is 10.4. The molecule has 0 spiro atoms. The topological polar surface area (TPSA) is 58.6 Å². The molecule has 1 unspecified atom stereocenters. The van der Waals surface area contributed by atoms with E-state index in [2.05, 4.69) is 35.6 Å². The van der Waals surface area contributed by atoms with Crippen molar-refractivity contribution in [1.29, 1.82) is 0 Å². The van der Waals surface area contributed by atoms with Gasteiger partial charge in [0.1, 0.15) is 0 Å². The van der Waals surface area contributed by atoms with Crippen molar-refractivity contribution < 1.29 is 13.2 Å². The lowest BCUT2D eigenvalue weighted by Gasteiger charge is -2.29. The van der Waals surface area contributed by atoms with Gasteiger partial charge in [-0.05, 0) is 26.3 Å². The third-order valence-corrected chi connectivity index (χ3v) is 4.87. The largest absolute Gasteiger partial charge is 0.384 e. The van der Waals surface area contributed by atoms with Crippen LogP contribution in [0.4, 0.5) is 0 Å². The maximum Gasteiger partial charge on any atom is 0.214 e. The summed E-state index contributed by atoms with van der Waals surface area (Å²) in [5.74, 6) is -0.00575. The molecule has 1 rings (SSSR count). The van der Waals surface area contributed by atoms with Crippen molar-refractivity contribution in [1.82, 2.24) is 9.62 Å². The Hall–Kier alpha value is -0.950. The van der Waals surface area contributed by atoms with Crippen molar-refractivity contribution in [2.24, 2.45) is 0 Å². The number of hydrogen-bond donors (Lipinski definition) is 1. The molecule has 0 aliphatic heterocycles. The SMILES string of the molecule is COCCS(=O)(=O)NC(C)CN(Cc1ccccc1)C(C)C. The summed E-state index contributed by atoms with van der Waals surface area (Å²) >= 11 is 0. The summed E-state index contributed by atoms with van der Waals surface area (Å²) in [5, 5.41) is 0. The fourth-order valence-corrected chi connectivity index (χ4v) is 3.41. The van der Waals surface area contributed by atoms with Crippen molar-refractivity contribution in [2.75, 3.05) is 26.0 Å². The van der Waals surface area contributed by atoms with Crippen LogP contribution in [0.5, 0.6) is 0 Å². The van der Waals surface area contributed by atoms with E-state index in [1.165, 1.54) is 12.7 Å². The summed E-state index contributed by atoms with van der Waals surface area (Å²) in [7, 11) is -1.79. The monoisotopic (exact) mass is 328 g/mol. The molecule has 1 aromatic rings. The molecule has 1 atom stereocenters. The summed E-state index contributed by atoms with van der Waals surface area (Å²) in [4.78, 5) is 2.26. The number of ether oxygens (including phenoxy) is 1. The van der Waals surface area contributed by atoms with Crippen LogP contribution in [-0.2, 0) is 21.3 Å². The summed E-state index contributed by atoms with van der Waals surface area (Å²) < 4.78 is 31.3. The molecule has 0 aliphatic carbocycles. The Morgan fingerprint density at radius 1 is 1.18 bits per heavy atom. The average Bonchev–Trinajstić information content (AvgIpc) is 2.45. The number of sulfonamides is 1. The van der Waals surface area contributed by atoms with Gasteiger partial charge in [-0.1, -0.05) is 30.3 Å². The van der Waals surface area contributed by atoms with E-state index in [1.807, 2.05) is 25.1 Å². The number of rotatable bonds is 10. The molecule has 0 aliphatic rings. The van der Waals surface area contributed by atoms with Gasteiger partial charge >= 0.3 is 0 Å². The quantitative estimate of drug-likeness (QED) is 0.712. The van der Waals surface area contributed by atoms with E-state index in [0.29, 0.717) is 12.6 Å². The second-order valence-corrected chi connectivity index (χ2v) is 7.71. The van der Waals surface area contributed by atoms with Gasteiger partial charge in [-0.2, -0.15) is 0 Å². The zero-order valence-corrected chi connectivity index (χ0v) is 14.8. The zero-order valence-electron chi connectivity index (χ0n) is 14.0. The first-order valence-electron chi connectivity index (χ1n) is 7.61. The zero-order chi connectivity index (χ0) is 16.6. The van der Waals surface area contributed by atoms with Gasteiger partial charge in [0.25, 0.3) is 0 Å². The van der Waals surface area contributed by atoms with Crippen LogP contribution in [0.25, 0.3) is 0 Å². The molecule has 0 heterocycles. The van der Waals surface area contributed by atoms with E-state index in [9.17, 15) is 8.42 Å². The van der Waals surface area contributed by atoms with Gasteiger partial charge in [-0.15, -0.1) is 0 Å².